The number of piperidine rings is 1. The van der Waals surface area contributed by atoms with Gasteiger partial charge >= 0.3 is 0 Å². The summed E-state index contributed by atoms with van der Waals surface area (Å²) >= 11 is 8.24. The molecule has 4 heterocycles. The third-order valence-electron chi connectivity index (χ3n) is 10.6. The number of amides is 1. The highest BCUT2D eigenvalue weighted by molar-refractivity contribution is 7.99. The highest BCUT2D eigenvalue weighted by Gasteiger charge is 2.45. The number of nitrogens with one attached hydrogen (secondary N) is 1. The smallest absolute Gasteiger partial charge is 0.270 e. The summed E-state index contributed by atoms with van der Waals surface area (Å²) in [6.45, 7) is 1.84. The Hall–Kier alpha value is -4.19. The van der Waals surface area contributed by atoms with Crippen LogP contribution >= 0.6 is 23.4 Å². The summed E-state index contributed by atoms with van der Waals surface area (Å²) in [6, 6.07) is 16.7. The molecule has 2 fully saturated rings. The predicted molar refractivity (Wildman–Crippen MR) is 195 cm³/mol. The van der Waals surface area contributed by atoms with E-state index in [-0.39, 0.29) is 23.4 Å². The normalized spacial score (nSPS) is 18.7. The first-order valence-electron chi connectivity index (χ1n) is 17.0. The van der Waals surface area contributed by atoms with Crippen LogP contribution in [-0.4, -0.2) is 62.5 Å². The number of fused-ring (bicyclic) bond motifs is 2. The van der Waals surface area contributed by atoms with Gasteiger partial charge in [0.15, 0.2) is 0 Å². The van der Waals surface area contributed by atoms with E-state index in [1.54, 1.807) is 25.2 Å². The number of hydrogen-bond donors (Lipinski definition) is 2. The largest absolute Gasteiger partial charge is 0.355 e. The van der Waals surface area contributed by atoms with Gasteiger partial charge in [-0.25, -0.2) is 15.0 Å². The van der Waals surface area contributed by atoms with Gasteiger partial charge in [-0.15, -0.1) is 0 Å². The lowest BCUT2D eigenvalue weighted by molar-refractivity contribution is 0.0815. The Morgan fingerprint density at radius 3 is 2.53 bits per heavy atom. The van der Waals surface area contributed by atoms with Crippen molar-refractivity contribution in [2.45, 2.75) is 67.0 Å². The second-order valence-corrected chi connectivity index (χ2v) is 15.3. The molecular weight excluding hydrogens is 654 g/mol. The minimum atomic E-state index is -0.0285. The van der Waals surface area contributed by atoms with E-state index < -0.39 is 0 Å². The first kappa shape index (κ1) is 32.0. The molecule has 12 heteroatoms. The number of aromatic nitrogens is 5. The number of halogens is 1. The van der Waals surface area contributed by atoms with Crippen LogP contribution in [0.15, 0.2) is 77.0 Å². The second-order valence-electron chi connectivity index (χ2n) is 13.8. The first-order valence-corrected chi connectivity index (χ1v) is 18.2. The highest BCUT2D eigenvalue weighted by Crippen LogP contribution is 2.51. The molecule has 0 radical (unpaired) electrons. The van der Waals surface area contributed by atoms with Crippen LogP contribution in [0.1, 0.15) is 72.2 Å². The van der Waals surface area contributed by atoms with Gasteiger partial charge in [-0.3, -0.25) is 4.79 Å². The van der Waals surface area contributed by atoms with Crippen molar-refractivity contribution in [3.05, 3.63) is 89.0 Å². The molecule has 1 saturated carbocycles. The zero-order chi connectivity index (χ0) is 33.7. The molecule has 1 amide bonds. The lowest BCUT2D eigenvalue weighted by atomic mass is 9.73. The van der Waals surface area contributed by atoms with Crippen molar-refractivity contribution in [2.24, 2.45) is 11.1 Å². The molecule has 5 aromatic rings. The Morgan fingerprint density at radius 1 is 1.02 bits per heavy atom. The van der Waals surface area contributed by atoms with E-state index in [0.717, 1.165) is 90.5 Å². The van der Waals surface area contributed by atoms with Gasteiger partial charge in [0.05, 0.1) is 17.4 Å². The van der Waals surface area contributed by atoms with E-state index in [9.17, 15) is 4.79 Å². The zero-order valence-corrected chi connectivity index (χ0v) is 29.3. The molecule has 1 atom stereocenters. The standard InChI is InChI=1S/C37H40ClN9OS/c1-45(2)35(48)29-17-24-20-42-36(44-34(24)47(29)26-8-4-5-9-26)43-25-11-12-30(28(38)18-25)49-32-22-40-31(21-41-32)46-15-13-37(14-16-46)19-23-7-3-6-10-27(23)33(37)39/h3,6-7,10-12,17-18,20-22,26,33H,4-5,8-9,13-16,19,39H2,1-2H3,(H,42,43,44)/t33-/m1/s1. The van der Waals surface area contributed by atoms with Crippen LogP contribution in [-0.2, 0) is 6.42 Å². The fourth-order valence-electron chi connectivity index (χ4n) is 7.91. The maximum absolute atomic E-state index is 13.1. The maximum Gasteiger partial charge on any atom is 0.270 e. The van der Waals surface area contributed by atoms with Crippen molar-refractivity contribution < 1.29 is 4.79 Å². The van der Waals surface area contributed by atoms with Gasteiger partial charge in [0.25, 0.3) is 5.91 Å². The maximum atomic E-state index is 13.1. The van der Waals surface area contributed by atoms with Gasteiger partial charge in [0, 0.05) is 61.4 Å². The molecule has 10 nitrogen and oxygen atoms in total. The quantitative estimate of drug-likeness (QED) is 0.179. The van der Waals surface area contributed by atoms with Gasteiger partial charge in [0.2, 0.25) is 5.95 Å². The number of nitrogens with two attached hydrogens (primary N) is 1. The summed E-state index contributed by atoms with van der Waals surface area (Å²) in [5, 5.41) is 5.53. The third-order valence-corrected chi connectivity index (χ3v) is 12.0. The second kappa shape index (κ2) is 12.9. The third kappa shape index (κ3) is 6.02. The van der Waals surface area contributed by atoms with Crippen molar-refractivity contribution >= 4 is 57.8 Å². The Morgan fingerprint density at radius 2 is 1.82 bits per heavy atom. The van der Waals surface area contributed by atoms with Gasteiger partial charge in [-0.2, -0.15) is 4.98 Å². The van der Waals surface area contributed by atoms with Crippen LogP contribution in [0.2, 0.25) is 5.02 Å². The fourth-order valence-corrected chi connectivity index (χ4v) is 8.93. The number of anilines is 3. The number of hydrogen-bond acceptors (Lipinski definition) is 9. The highest BCUT2D eigenvalue weighted by atomic mass is 35.5. The molecule has 0 unspecified atom stereocenters. The van der Waals surface area contributed by atoms with E-state index >= 15 is 0 Å². The molecule has 2 aliphatic carbocycles. The number of nitrogens with zero attached hydrogens (tertiary/aromatic N) is 7. The average molecular weight is 694 g/mol. The van der Waals surface area contributed by atoms with E-state index in [2.05, 4.69) is 44.0 Å². The molecule has 3 aromatic heterocycles. The Kier molecular flexibility index (Phi) is 8.45. The molecule has 1 saturated heterocycles. The van der Waals surface area contributed by atoms with Crippen molar-refractivity contribution in [1.82, 2.24) is 29.4 Å². The average Bonchev–Trinajstić information content (AvgIpc) is 3.83. The Labute approximate surface area is 295 Å². The molecule has 3 aliphatic rings. The monoisotopic (exact) mass is 693 g/mol. The van der Waals surface area contributed by atoms with Crippen LogP contribution < -0.4 is 16.0 Å². The van der Waals surface area contributed by atoms with Crippen molar-refractivity contribution in [2.75, 3.05) is 37.4 Å². The predicted octanol–water partition coefficient (Wildman–Crippen LogP) is 7.43. The molecule has 3 N–H and O–H groups in total. The van der Waals surface area contributed by atoms with Crippen LogP contribution in [0, 0.1) is 5.41 Å². The van der Waals surface area contributed by atoms with Gasteiger partial charge in [-0.05, 0) is 72.9 Å². The number of carbonyl (C=O) groups is 1. The molecular formula is C37H40ClN9OS. The van der Waals surface area contributed by atoms with Crippen LogP contribution in [0.4, 0.5) is 17.5 Å². The summed E-state index contributed by atoms with van der Waals surface area (Å²) < 4.78 is 2.11. The Bertz CT molecular complexity index is 2020. The molecule has 8 rings (SSSR count). The summed E-state index contributed by atoms with van der Waals surface area (Å²) in [7, 11) is 3.56. The SMILES string of the molecule is CN(C)C(=O)c1cc2cnc(Nc3ccc(Sc4cnc(N5CCC6(CC5)Cc5ccccc5[C@H]6N)cn4)c(Cl)c3)nc2n1C1CCCC1. The summed E-state index contributed by atoms with van der Waals surface area (Å²) in [5.74, 6) is 1.32. The molecule has 2 aromatic carbocycles. The molecule has 252 valence electrons. The Balaban J connectivity index is 0.928. The lowest BCUT2D eigenvalue weighted by Crippen LogP contribution is -2.44. The number of rotatable bonds is 7. The van der Waals surface area contributed by atoms with Crippen LogP contribution in [0.25, 0.3) is 11.0 Å². The zero-order valence-electron chi connectivity index (χ0n) is 27.8. The number of carbonyl (C=O) groups excluding carboxylic acids is 1. The molecule has 0 bridgehead atoms. The van der Waals surface area contributed by atoms with Gasteiger partial charge in [0.1, 0.15) is 22.2 Å². The minimum absolute atomic E-state index is 0.0285. The van der Waals surface area contributed by atoms with Crippen LogP contribution in [0.5, 0.6) is 0 Å². The van der Waals surface area contributed by atoms with E-state index in [0.29, 0.717) is 16.7 Å². The fraction of sp³-hybridized carbons (Fsp3) is 0.378. The summed E-state index contributed by atoms with van der Waals surface area (Å²) in [5.41, 5.74) is 11.8. The summed E-state index contributed by atoms with van der Waals surface area (Å²) in [4.78, 5) is 36.8. The minimum Gasteiger partial charge on any atom is -0.355 e. The van der Waals surface area contributed by atoms with Crippen molar-refractivity contribution in [3.63, 3.8) is 0 Å². The summed E-state index contributed by atoms with van der Waals surface area (Å²) in [6.07, 6.45) is 13.0. The molecule has 1 aliphatic heterocycles. The van der Waals surface area contributed by atoms with E-state index in [4.69, 9.17) is 32.3 Å². The topological polar surface area (TPSA) is 118 Å². The molecule has 1 spiro atoms. The van der Waals surface area contributed by atoms with Crippen molar-refractivity contribution in [1.29, 1.82) is 0 Å². The van der Waals surface area contributed by atoms with Gasteiger partial charge < -0.3 is 25.4 Å². The number of benzene rings is 2. The first-order chi connectivity index (χ1) is 23.8. The lowest BCUT2D eigenvalue weighted by Gasteiger charge is -2.42. The van der Waals surface area contributed by atoms with Crippen LogP contribution in [0.3, 0.4) is 0 Å². The van der Waals surface area contributed by atoms with E-state index in [1.807, 2.05) is 36.7 Å². The van der Waals surface area contributed by atoms with E-state index in [1.165, 1.54) is 22.9 Å². The van der Waals surface area contributed by atoms with Crippen molar-refractivity contribution in [3.8, 4) is 0 Å². The molecule has 49 heavy (non-hydrogen) atoms. The van der Waals surface area contributed by atoms with Gasteiger partial charge in [-0.1, -0.05) is 60.5 Å².